The van der Waals surface area contributed by atoms with Crippen LogP contribution in [0, 0.1) is 19.8 Å². The van der Waals surface area contributed by atoms with E-state index in [4.69, 9.17) is 16.3 Å². The first-order valence-electron chi connectivity index (χ1n) is 11.0. The van der Waals surface area contributed by atoms with Gasteiger partial charge >= 0.3 is 0 Å². The number of piperazine rings is 1. The van der Waals surface area contributed by atoms with Crippen LogP contribution >= 0.6 is 11.6 Å². The van der Waals surface area contributed by atoms with Gasteiger partial charge in [0.15, 0.2) is 6.61 Å². The number of aryl methyl sites for hydroxylation is 2. The molecule has 7 heteroatoms. The number of rotatable bonds is 7. The Bertz CT molecular complexity index is 949. The molecule has 172 valence electrons. The SMILES string of the molecule is Cc1cc(C)cc(OCC(=O)Nc2cc(Cl)ccc2N2CCN(C(=O)CC(C)C)CC2)c1. The fourth-order valence-electron chi connectivity index (χ4n) is 3.91. The molecule has 0 atom stereocenters. The van der Waals surface area contributed by atoms with Crippen molar-refractivity contribution < 1.29 is 14.3 Å². The maximum absolute atomic E-state index is 12.6. The number of hydrogen-bond acceptors (Lipinski definition) is 4. The molecule has 6 nitrogen and oxygen atoms in total. The van der Waals surface area contributed by atoms with Crippen LogP contribution in [0.2, 0.25) is 5.02 Å². The molecule has 1 N–H and O–H groups in total. The van der Waals surface area contributed by atoms with Crippen LogP contribution in [0.1, 0.15) is 31.4 Å². The second-order valence-corrected chi connectivity index (χ2v) is 9.22. The van der Waals surface area contributed by atoms with Gasteiger partial charge in [-0.2, -0.15) is 0 Å². The van der Waals surface area contributed by atoms with Crippen molar-refractivity contribution in [2.45, 2.75) is 34.1 Å². The van der Waals surface area contributed by atoms with E-state index in [1.54, 1.807) is 6.07 Å². The molecule has 0 unspecified atom stereocenters. The van der Waals surface area contributed by atoms with Crippen molar-refractivity contribution in [1.82, 2.24) is 4.90 Å². The Morgan fingerprint density at radius 3 is 2.31 bits per heavy atom. The summed E-state index contributed by atoms with van der Waals surface area (Å²) in [5, 5.41) is 3.48. The summed E-state index contributed by atoms with van der Waals surface area (Å²) in [5.74, 6) is 0.974. The first-order chi connectivity index (χ1) is 15.2. The zero-order valence-electron chi connectivity index (χ0n) is 19.3. The van der Waals surface area contributed by atoms with Gasteiger partial charge in [-0.25, -0.2) is 0 Å². The first-order valence-corrected chi connectivity index (χ1v) is 11.4. The van der Waals surface area contributed by atoms with E-state index in [9.17, 15) is 9.59 Å². The summed E-state index contributed by atoms with van der Waals surface area (Å²) in [6.07, 6.45) is 0.572. The van der Waals surface area contributed by atoms with E-state index in [0.29, 0.717) is 55.0 Å². The number of carbonyl (C=O) groups excluding carboxylic acids is 2. The minimum Gasteiger partial charge on any atom is -0.484 e. The zero-order chi connectivity index (χ0) is 23.3. The van der Waals surface area contributed by atoms with Gasteiger partial charge in [-0.15, -0.1) is 0 Å². The smallest absolute Gasteiger partial charge is 0.262 e. The number of hydrogen-bond donors (Lipinski definition) is 1. The zero-order valence-corrected chi connectivity index (χ0v) is 20.0. The van der Waals surface area contributed by atoms with Crippen LogP contribution < -0.4 is 15.0 Å². The highest BCUT2D eigenvalue weighted by atomic mass is 35.5. The van der Waals surface area contributed by atoms with Crippen molar-refractivity contribution in [3.63, 3.8) is 0 Å². The summed E-state index contributed by atoms with van der Waals surface area (Å²) in [6, 6.07) is 11.3. The molecule has 1 aliphatic rings. The lowest BCUT2D eigenvalue weighted by Gasteiger charge is -2.37. The highest BCUT2D eigenvalue weighted by molar-refractivity contribution is 6.31. The molecule has 0 aliphatic carbocycles. The summed E-state index contributed by atoms with van der Waals surface area (Å²) < 4.78 is 5.69. The number of nitrogens with zero attached hydrogens (tertiary/aromatic N) is 2. The molecule has 0 spiro atoms. The molecule has 1 aliphatic heterocycles. The Morgan fingerprint density at radius 2 is 1.69 bits per heavy atom. The van der Waals surface area contributed by atoms with E-state index in [2.05, 4.69) is 30.1 Å². The molecule has 0 radical (unpaired) electrons. The van der Waals surface area contributed by atoms with E-state index in [0.717, 1.165) is 16.8 Å². The lowest BCUT2D eigenvalue weighted by atomic mass is 10.1. The van der Waals surface area contributed by atoms with Crippen molar-refractivity contribution in [1.29, 1.82) is 0 Å². The van der Waals surface area contributed by atoms with Gasteiger partial charge in [0, 0.05) is 37.6 Å². The summed E-state index contributed by atoms with van der Waals surface area (Å²) >= 11 is 6.21. The Labute approximate surface area is 195 Å². The van der Waals surface area contributed by atoms with Crippen molar-refractivity contribution in [2.24, 2.45) is 5.92 Å². The maximum atomic E-state index is 12.6. The minimum absolute atomic E-state index is 0.0909. The van der Waals surface area contributed by atoms with Gasteiger partial charge in [-0.1, -0.05) is 31.5 Å². The van der Waals surface area contributed by atoms with Crippen molar-refractivity contribution in [3.8, 4) is 5.75 Å². The quantitative estimate of drug-likeness (QED) is 0.656. The predicted molar refractivity (Wildman–Crippen MR) is 130 cm³/mol. The fraction of sp³-hybridized carbons (Fsp3) is 0.440. The third-order valence-electron chi connectivity index (χ3n) is 5.35. The van der Waals surface area contributed by atoms with E-state index in [1.165, 1.54) is 0 Å². The third-order valence-corrected chi connectivity index (χ3v) is 5.59. The van der Waals surface area contributed by atoms with Crippen LogP contribution in [0.5, 0.6) is 5.75 Å². The number of carbonyl (C=O) groups is 2. The maximum Gasteiger partial charge on any atom is 0.262 e. The number of benzene rings is 2. The average molecular weight is 458 g/mol. The predicted octanol–water partition coefficient (Wildman–Crippen LogP) is 4.67. The van der Waals surface area contributed by atoms with Gasteiger partial charge < -0.3 is 19.9 Å². The molecule has 1 fully saturated rings. The standard InChI is InChI=1S/C25H32ClN3O3/c1-17(2)11-25(31)29-9-7-28(8-10-29)23-6-5-20(26)15-22(23)27-24(30)16-32-21-13-18(3)12-19(4)14-21/h5-6,12-15,17H,7-11,16H2,1-4H3,(H,27,30). The minimum atomic E-state index is -0.251. The van der Waals surface area contributed by atoms with Crippen LogP contribution in [0.3, 0.4) is 0 Å². The second kappa shape index (κ2) is 10.7. The van der Waals surface area contributed by atoms with Crippen LogP contribution in [-0.2, 0) is 9.59 Å². The molecule has 0 saturated carbocycles. The fourth-order valence-corrected chi connectivity index (χ4v) is 4.08. The molecule has 1 heterocycles. The second-order valence-electron chi connectivity index (χ2n) is 8.79. The van der Waals surface area contributed by atoms with Crippen LogP contribution in [0.4, 0.5) is 11.4 Å². The van der Waals surface area contributed by atoms with Crippen molar-refractivity contribution >= 4 is 34.8 Å². The summed E-state index contributed by atoms with van der Waals surface area (Å²) in [7, 11) is 0. The van der Waals surface area contributed by atoms with Crippen LogP contribution in [-0.4, -0.2) is 49.5 Å². The summed E-state index contributed by atoms with van der Waals surface area (Å²) in [5.41, 5.74) is 3.71. The average Bonchev–Trinajstić information content (AvgIpc) is 2.71. The van der Waals surface area contributed by atoms with Crippen LogP contribution in [0.25, 0.3) is 0 Å². The lowest BCUT2D eigenvalue weighted by Crippen LogP contribution is -2.49. The number of amides is 2. The van der Waals surface area contributed by atoms with E-state index in [1.807, 2.05) is 43.0 Å². The van der Waals surface area contributed by atoms with E-state index < -0.39 is 0 Å². The van der Waals surface area contributed by atoms with Crippen LogP contribution in [0.15, 0.2) is 36.4 Å². The molecular weight excluding hydrogens is 426 g/mol. The van der Waals surface area contributed by atoms with Crippen molar-refractivity contribution in [3.05, 3.63) is 52.5 Å². The van der Waals surface area contributed by atoms with Gasteiger partial charge in [0.2, 0.25) is 5.91 Å². The first kappa shape index (κ1) is 23.9. The van der Waals surface area contributed by atoms with Gasteiger partial charge in [-0.05, 0) is 61.2 Å². The number of nitrogens with one attached hydrogen (secondary N) is 1. The molecule has 3 rings (SSSR count). The summed E-state index contributed by atoms with van der Waals surface area (Å²) in [4.78, 5) is 29.0. The molecule has 32 heavy (non-hydrogen) atoms. The monoisotopic (exact) mass is 457 g/mol. The lowest BCUT2D eigenvalue weighted by molar-refractivity contribution is -0.132. The van der Waals surface area contributed by atoms with Gasteiger partial charge in [0.1, 0.15) is 5.75 Å². The van der Waals surface area contributed by atoms with E-state index >= 15 is 0 Å². The molecule has 2 aromatic carbocycles. The largest absolute Gasteiger partial charge is 0.484 e. The Hall–Kier alpha value is -2.73. The molecular formula is C25H32ClN3O3. The van der Waals surface area contributed by atoms with E-state index in [-0.39, 0.29) is 18.4 Å². The Balaban J connectivity index is 1.62. The molecule has 0 aromatic heterocycles. The Morgan fingerprint density at radius 1 is 1.03 bits per heavy atom. The normalized spacial score (nSPS) is 13.9. The third kappa shape index (κ3) is 6.63. The van der Waals surface area contributed by atoms with Gasteiger partial charge in [-0.3, -0.25) is 9.59 Å². The number of anilines is 2. The molecule has 2 amide bonds. The topological polar surface area (TPSA) is 61.9 Å². The molecule has 0 bridgehead atoms. The molecule has 1 saturated heterocycles. The van der Waals surface area contributed by atoms with Crippen molar-refractivity contribution in [2.75, 3.05) is 43.0 Å². The number of ether oxygens (including phenoxy) is 1. The molecule has 2 aromatic rings. The van der Waals surface area contributed by atoms with Gasteiger partial charge in [0.05, 0.1) is 11.4 Å². The highest BCUT2D eigenvalue weighted by Gasteiger charge is 2.23. The summed E-state index contributed by atoms with van der Waals surface area (Å²) in [6.45, 7) is 10.7. The Kier molecular flexibility index (Phi) is 8.02. The number of halogens is 1. The highest BCUT2D eigenvalue weighted by Crippen LogP contribution is 2.30. The van der Waals surface area contributed by atoms with Gasteiger partial charge in [0.25, 0.3) is 5.91 Å².